The number of amides is 4. The van der Waals surface area contributed by atoms with Gasteiger partial charge < -0.3 is 29.7 Å². The molecule has 0 radical (unpaired) electrons. The van der Waals surface area contributed by atoms with Crippen molar-refractivity contribution < 1.29 is 37.5 Å². The van der Waals surface area contributed by atoms with Crippen molar-refractivity contribution in [2.45, 2.75) is 19.0 Å². The molecule has 0 saturated carbocycles. The van der Waals surface area contributed by atoms with Gasteiger partial charge in [-0.05, 0) is 37.1 Å². The third-order valence-electron chi connectivity index (χ3n) is 8.66. The zero-order valence-corrected chi connectivity index (χ0v) is 27.2. The highest BCUT2D eigenvalue weighted by Gasteiger charge is 2.39. The van der Waals surface area contributed by atoms with Crippen molar-refractivity contribution >= 4 is 41.1 Å². The van der Waals surface area contributed by atoms with Crippen LogP contribution < -0.4 is 5.32 Å². The number of piperazine rings is 1. The first-order chi connectivity index (χ1) is 23.8. The second kappa shape index (κ2) is 13.8. The van der Waals surface area contributed by atoms with Crippen LogP contribution >= 0.6 is 11.6 Å². The van der Waals surface area contributed by atoms with Crippen molar-refractivity contribution in [3.8, 4) is 17.2 Å². The second-order valence-corrected chi connectivity index (χ2v) is 12.1. The number of alkyl halides is 3. The number of nitrogens with one attached hydrogen (secondary N) is 1. The Labute approximate surface area is 287 Å². The molecule has 3 aromatic heterocycles. The monoisotopic (exact) mass is 714 g/mol. The van der Waals surface area contributed by atoms with Crippen molar-refractivity contribution in [3.63, 3.8) is 0 Å². The minimum atomic E-state index is -4.83. The van der Waals surface area contributed by atoms with E-state index in [9.17, 15) is 32.3 Å². The number of likely N-dealkylation sites (tertiary alicyclic amines) is 1. The van der Waals surface area contributed by atoms with Crippen LogP contribution in [0.25, 0.3) is 17.2 Å². The molecule has 50 heavy (non-hydrogen) atoms. The Hall–Kier alpha value is -5.52. The molecule has 19 heteroatoms. The first kappa shape index (κ1) is 34.3. The van der Waals surface area contributed by atoms with E-state index in [1.807, 2.05) is 0 Å². The molecule has 2 saturated heterocycles. The van der Waals surface area contributed by atoms with Crippen molar-refractivity contribution in [1.29, 1.82) is 0 Å². The lowest BCUT2D eigenvalue weighted by Crippen LogP contribution is -2.53. The highest BCUT2D eigenvalue weighted by molar-refractivity contribution is 6.34. The average molecular weight is 715 g/mol. The van der Waals surface area contributed by atoms with E-state index in [1.54, 1.807) is 9.80 Å². The number of hydrogen-bond donors (Lipinski definition) is 2. The van der Waals surface area contributed by atoms with Crippen LogP contribution in [-0.2, 0) is 18.0 Å². The quantitative estimate of drug-likeness (QED) is 0.302. The van der Waals surface area contributed by atoms with E-state index in [0.717, 1.165) is 17.1 Å². The van der Waals surface area contributed by atoms with Gasteiger partial charge in [-0.1, -0.05) is 11.6 Å². The normalized spacial score (nSPS) is 15.7. The number of aromatic nitrogens is 6. The predicted octanol–water partition coefficient (Wildman–Crippen LogP) is 3.66. The van der Waals surface area contributed by atoms with E-state index in [4.69, 9.17) is 16.7 Å². The van der Waals surface area contributed by atoms with Gasteiger partial charge in [-0.25, -0.2) is 24.4 Å². The summed E-state index contributed by atoms with van der Waals surface area (Å²) in [7, 11) is 1.39. The first-order valence-corrected chi connectivity index (χ1v) is 15.8. The summed E-state index contributed by atoms with van der Waals surface area (Å²) in [5, 5.41) is 15.4. The van der Waals surface area contributed by atoms with Crippen molar-refractivity contribution in [3.05, 3.63) is 71.2 Å². The molecule has 0 aliphatic carbocycles. The largest absolute Gasteiger partial charge is 0.465 e. The molecule has 262 valence electrons. The number of hydrogen-bond acceptors (Lipinski definition) is 8. The van der Waals surface area contributed by atoms with Crippen LogP contribution in [0.1, 0.15) is 39.5 Å². The smallest absolute Gasteiger partial charge is 0.435 e. The average Bonchev–Trinajstić information content (AvgIpc) is 3.72. The van der Waals surface area contributed by atoms with Gasteiger partial charge in [-0.3, -0.25) is 14.4 Å². The molecule has 4 aromatic rings. The molecule has 0 spiro atoms. The maximum absolute atomic E-state index is 13.9. The SMILES string of the molecule is Cn1c(-c2cn(-c3ncccn3)nc2C(F)(F)F)cnc1C(=O)Nc1ccc(C(=O)N2CCN(C(=O)C3CCN(C(=O)O)CC3)CC2)c(Cl)c1. The zero-order valence-electron chi connectivity index (χ0n) is 26.5. The van der Waals surface area contributed by atoms with Crippen LogP contribution in [0, 0.1) is 5.92 Å². The number of imidazole rings is 1. The van der Waals surface area contributed by atoms with Gasteiger partial charge in [-0.15, -0.1) is 0 Å². The fourth-order valence-electron chi connectivity index (χ4n) is 5.98. The lowest BCUT2D eigenvalue weighted by atomic mass is 9.95. The van der Waals surface area contributed by atoms with E-state index in [1.165, 1.54) is 53.2 Å². The molecule has 5 heterocycles. The van der Waals surface area contributed by atoms with E-state index in [2.05, 4.69) is 25.4 Å². The second-order valence-electron chi connectivity index (χ2n) is 11.7. The van der Waals surface area contributed by atoms with Crippen LogP contribution in [0.3, 0.4) is 0 Å². The van der Waals surface area contributed by atoms with E-state index < -0.39 is 23.9 Å². The summed E-state index contributed by atoms with van der Waals surface area (Å²) in [6.45, 7) is 1.83. The van der Waals surface area contributed by atoms with Crippen molar-refractivity contribution in [1.82, 2.24) is 44.0 Å². The summed E-state index contributed by atoms with van der Waals surface area (Å²) in [5.41, 5.74) is -1.18. The molecule has 2 N–H and O–H groups in total. The van der Waals surface area contributed by atoms with Crippen LogP contribution in [0.4, 0.5) is 23.7 Å². The molecule has 2 fully saturated rings. The number of carbonyl (C=O) groups is 4. The zero-order chi connectivity index (χ0) is 35.7. The molecule has 2 aliphatic heterocycles. The van der Waals surface area contributed by atoms with Crippen molar-refractivity contribution in [2.75, 3.05) is 44.6 Å². The number of benzene rings is 1. The lowest BCUT2D eigenvalue weighted by Gasteiger charge is -2.38. The van der Waals surface area contributed by atoms with Crippen LogP contribution in [-0.4, -0.2) is 112 Å². The maximum atomic E-state index is 13.9. The van der Waals surface area contributed by atoms with E-state index >= 15 is 0 Å². The third kappa shape index (κ3) is 6.96. The summed E-state index contributed by atoms with van der Waals surface area (Å²) >= 11 is 6.46. The minimum Gasteiger partial charge on any atom is -0.465 e. The molecule has 0 atom stereocenters. The van der Waals surface area contributed by atoms with Crippen LogP contribution in [0.2, 0.25) is 5.02 Å². The molecule has 6 rings (SSSR count). The van der Waals surface area contributed by atoms with E-state index in [-0.39, 0.29) is 70.1 Å². The minimum absolute atomic E-state index is 0.0333. The maximum Gasteiger partial charge on any atom is 0.435 e. The summed E-state index contributed by atoms with van der Waals surface area (Å²) in [4.78, 5) is 67.1. The molecular formula is C31H30ClF3N10O5. The third-order valence-corrected chi connectivity index (χ3v) is 8.97. The molecule has 4 amide bonds. The fourth-order valence-corrected chi connectivity index (χ4v) is 6.24. The summed E-state index contributed by atoms with van der Waals surface area (Å²) in [6.07, 6.45) is 0.0543. The Bertz CT molecular complexity index is 1930. The standard InChI is InChI=1S/C31H30ClF3N10O5/c1-41-23(21-17-45(29-36-7-2-8-37-29)40-24(21)31(33,34)35)16-38-25(41)26(46)39-19-3-4-20(22(32)15-19)28(48)43-13-11-42(12-14-43)27(47)18-5-9-44(10-6-18)30(49)50/h2-4,7-8,15-18H,5-6,9-14H2,1H3,(H,39,46)(H,49,50). The number of carbonyl (C=O) groups excluding carboxylic acids is 3. The van der Waals surface area contributed by atoms with E-state index in [0.29, 0.717) is 39.0 Å². The van der Waals surface area contributed by atoms with Gasteiger partial charge in [0, 0.05) is 76.5 Å². The van der Waals surface area contributed by atoms with Gasteiger partial charge in [0.05, 0.1) is 28.0 Å². The van der Waals surface area contributed by atoms with Gasteiger partial charge in [0.2, 0.25) is 11.9 Å². The Balaban J connectivity index is 1.09. The van der Waals surface area contributed by atoms with Gasteiger partial charge in [0.15, 0.2) is 11.5 Å². The molecule has 2 aliphatic rings. The number of halogens is 4. The Morgan fingerprint density at radius 2 is 1.60 bits per heavy atom. The fraction of sp³-hybridized carbons (Fsp3) is 0.355. The number of nitrogens with zero attached hydrogens (tertiary/aromatic N) is 9. The van der Waals surface area contributed by atoms with Crippen LogP contribution in [0.5, 0.6) is 0 Å². The number of rotatable bonds is 6. The molecule has 0 unspecified atom stereocenters. The molecule has 0 bridgehead atoms. The summed E-state index contributed by atoms with van der Waals surface area (Å²) < 4.78 is 43.9. The summed E-state index contributed by atoms with van der Waals surface area (Å²) in [6, 6.07) is 5.81. The Kier molecular flexibility index (Phi) is 9.46. The molecule has 15 nitrogen and oxygen atoms in total. The number of anilines is 1. The number of piperidine rings is 1. The molecule has 1 aromatic carbocycles. The first-order valence-electron chi connectivity index (χ1n) is 15.4. The Morgan fingerprint density at radius 1 is 0.940 bits per heavy atom. The molecular weight excluding hydrogens is 685 g/mol. The topological polar surface area (TPSA) is 172 Å². The number of carboxylic acid groups (broad SMARTS) is 1. The van der Waals surface area contributed by atoms with Gasteiger partial charge in [0.1, 0.15) is 0 Å². The highest BCUT2D eigenvalue weighted by Crippen LogP contribution is 2.36. The van der Waals surface area contributed by atoms with Gasteiger partial charge >= 0.3 is 12.3 Å². The highest BCUT2D eigenvalue weighted by atomic mass is 35.5. The Morgan fingerprint density at radius 3 is 2.22 bits per heavy atom. The van der Waals surface area contributed by atoms with Gasteiger partial charge in [0.25, 0.3) is 11.8 Å². The van der Waals surface area contributed by atoms with Gasteiger partial charge in [-0.2, -0.15) is 18.3 Å². The summed E-state index contributed by atoms with van der Waals surface area (Å²) in [5.74, 6) is -1.67. The lowest BCUT2D eigenvalue weighted by molar-refractivity contribution is -0.141. The predicted molar refractivity (Wildman–Crippen MR) is 171 cm³/mol. The van der Waals surface area contributed by atoms with Crippen molar-refractivity contribution in [2.24, 2.45) is 13.0 Å². The van der Waals surface area contributed by atoms with Crippen LogP contribution in [0.15, 0.2) is 49.1 Å².